The zero-order valence-electron chi connectivity index (χ0n) is 12.2. The highest BCUT2D eigenvalue weighted by Gasteiger charge is 2.36. The van der Waals surface area contributed by atoms with Crippen LogP contribution in [0.15, 0.2) is 0 Å². The molecule has 10 heteroatoms. The summed E-state index contributed by atoms with van der Waals surface area (Å²) in [4.78, 5) is 11.5. The van der Waals surface area contributed by atoms with Gasteiger partial charge in [-0.25, -0.2) is 13.5 Å². The summed E-state index contributed by atoms with van der Waals surface area (Å²) in [5.74, 6) is -3.71. The van der Waals surface area contributed by atoms with E-state index in [1.54, 1.807) is 0 Å². The third kappa shape index (κ3) is 4.87. The van der Waals surface area contributed by atoms with Gasteiger partial charge < -0.3 is 5.73 Å². The lowest BCUT2D eigenvalue weighted by molar-refractivity contribution is -0.137. The number of aryl methyl sites for hydroxylation is 1. The van der Waals surface area contributed by atoms with Gasteiger partial charge in [0.25, 0.3) is 5.91 Å². The van der Waals surface area contributed by atoms with Gasteiger partial charge >= 0.3 is 6.18 Å². The number of amides is 1. The van der Waals surface area contributed by atoms with Crippen molar-refractivity contribution in [2.45, 2.75) is 57.2 Å². The quantitative estimate of drug-likeness (QED) is 0.838. The first-order valence-electron chi connectivity index (χ1n) is 7.24. The third-order valence-corrected chi connectivity index (χ3v) is 3.96. The Kier molecular flexibility index (Phi) is 4.90. The maximum absolute atomic E-state index is 13.1. The van der Waals surface area contributed by atoms with Crippen molar-refractivity contribution in [2.75, 3.05) is 0 Å². The zero-order valence-corrected chi connectivity index (χ0v) is 12.2. The SMILES string of the molecule is NC(=O)c1c(CC2CCC(F)(F)CC2)nnn1CCC(F)(F)F. The molecule has 1 aromatic rings. The molecule has 1 saturated carbocycles. The maximum Gasteiger partial charge on any atom is 0.390 e. The molecule has 2 rings (SSSR count). The van der Waals surface area contributed by atoms with E-state index in [4.69, 9.17) is 5.73 Å². The molecule has 23 heavy (non-hydrogen) atoms. The molecule has 1 heterocycles. The van der Waals surface area contributed by atoms with Gasteiger partial charge in [-0.3, -0.25) is 4.79 Å². The smallest absolute Gasteiger partial charge is 0.364 e. The van der Waals surface area contributed by atoms with E-state index in [0.717, 1.165) is 4.68 Å². The summed E-state index contributed by atoms with van der Waals surface area (Å²) in [5.41, 5.74) is 5.21. The molecule has 1 fully saturated rings. The lowest BCUT2D eigenvalue weighted by Gasteiger charge is -2.27. The Morgan fingerprint density at radius 2 is 1.91 bits per heavy atom. The predicted molar refractivity (Wildman–Crippen MR) is 69.8 cm³/mol. The highest BCUT2D eigenvalue weighted by Crippen LogP contribution is 2.37. The van der Waals surface area contributed by atoms with Crippen LogP contribution in [0, 0.1) is 5.92 Å². The molecule has 2 N–H and O–H groups in total. The van der Waals surface area contributed by atoms with Gasteiger partial charge in [0.05, 0.1) is 18.7 Å². The molecule has 1 amide bonds. The predicted octanol–water partition coefficient (Wildman–Crippen LogP) is 2.70. The molecule has 130 valence electrons. The Bertz CT molecular complexity index is 559. The topological polar surface area (TPSA) is 73.8 Å². The molecular formula is C13H17F5N4O. The van der Waals surface area contributed by atoms with Crippen LogP contribution in [0.2, 0.25) is 0 Å². The zero-order chi connectivity index (χ0) is 17.3. The van der Waals surface area contributed by atoms with Crippen LogP contribution in [0.1, 0.15) is 48.3 Å². The van der Waals surface area contributed by atoms with E-state index in [-0.39, 0.29) is 49.4 Å². The van der Waals surface area contributed by atoms with Gasteiger partial charge in [-0.15, -0.1) is 5.10 Å². The number of primary amides is 1. The Morgan fingerprint density at radius 1 is 1.30 bits per heavy atom. The number of aromatic nitrogens is 3. The van der Waals surface area contributed by atoms with Crippen LogP contribution >= 0.6 is 0 Å². The van der Waals surface area contributed by atoms with E-state index in [0.29, 0.717) is 0 Å². The van der Waals surface area contributed by atoms with Gasteiger partial charge in [0.15, 0.2) is 0 Å². The van der Waals surface area contributed by atoms with Gasteiger partial charge in [-0.05, 0) is 25.2 Å². The van der Waals surface area contributed by atoms with E-state index < -0.39 is 31.0 Å². The highest BCUT2D eigenvalue weighted by molar-refractivity contribution is 5.92. The van der Waals surface area contributed by atoms with Gasteiger partial charge in [0, 0.05) is 12.8 Å². The summed E-state index contributed by atoms with van der Waals surface area (Å²) in [6.45, 7) is -0.558. The Morgan fingerprint density at radius 3 is 2.43 bits per heavy atom. The number of halogens is 5. The highest BCUT2D eigenvalue weighted by atomic mass is 19.4. The van der Waals surface area contributed by atoms with Crippen molar-refractivity contribution in [3.05, 3.63) is 11.4 Å². The third-order valence-electron chi connectivity index (χ3n) is 3.96. The van der Waals surface area contributed by atoms with E-state index in [1.807, 2.05) is 0 Å². The Labute approximate surface area is 129 Å². The van der Waals surface area contributed by atoms with Crippen molar-refractivity contribution < 1.29 is 26.7 Å². The van der Waals surface area contributed by atoms with Crippen LogP contribution in [0.5, 0.6) is 0 Å². The average molecular weight is 340 g/mol. The van der Waals surface area contributed by atoms with Crippen LogP contribution in [0.25, 0.3) is 0 Å². The van der Waals surface area contributed by atoms with Crippen LogP contribution in [0.3, 0.4) is 0 Å². The summed E-state index contributed by atoms with van der Waals surface area (Å²) in [7, 11) is 0. The first-order chi connectivity index (χ1) is 10.6. The summed E-state index contributed by atoms with van der Waals surface area (Å²) in [6, 6.07) is 0. The standard InChI is InChI=1S/C13H17F5N4O/c14-12(15)3-1-8(2-4-12)7-9-10(11(19)23)22(21-20-9)6-5-13(16,17)18/h8H,1-7H2,(H2,19,23). The minimum Gasteiger partial charge on any atom is -0.364 e. The molecule has 0 atom stereocenters. The molecule has 1 aliphatic carbocycles. The van der Waals surface area contributed by atoms with E-state index in [2.05, 4.69) is 10.3 Å². The first kappa shape index (κ1) is 17.6. The first-order valence-corrected chi connectivity index (χ1v) is 7.24. The van der Waals surface area contributed by atoms with E-state index >= 15 is 0 Å². The fourth-order valence-corrected chi connectivity index (χ4v) is 2.72. The Balaban J connectivity index is 2.07. The molecule has 0 radical (unpaired) electrons. The van der Waals surface area contributed by atoms with E-state index in [9.17, 15) is 26.7 Å². The lowest BCUT2D eigenvalue weighted by Crippen LogP contribution is -2.26. The maximum atomic E-state index is 13.1. The number of hydrogen-bond donors (Lipinski definition) is 1. The number of hydrogen-bond acceptors (Lipinski definition) is 3. The molecule has 0 bridgehead atoms. The molecule has 1 aromatic heterocycles. The van der Waals surface area contributed by atoms with Crippen molar-refractivity contribution in [3.8, 4) is 0 Å². The minimum absolute atomic E-state index is 0.111. The van der Waals surface area contributed by atoms with Crippen molar-refractivity contribution in [2.24, 2.45) is 11.7 Å². The monoisotopic (exact) mass is 340 g/mol. The number of rotatable bonds is 5. The summed E-state index contributed by atoms with van der Waals surface area (Å²) < 4.78 is 63.9. The summed E-state index contributed by atoms with van der Waals surface area (Å²) >= 11 is 0. The van der Waals surface area contributed by atoms with Crippen LogP contribution in [-0.2, 0) is 13.0 Å². The van der Waals surface area contributed by atoms with Gasteiger partial charge in [0.2, 0.25) is 5.92 Å². The number of alkyl halides is 5. The lowest BCUT2D eigenvalue weighted by atomic mass is 9.84. The average Bonchev–Trinajstić information content (AvgIpc) is 2.81. The second-order valence-corrected chi connectivity index (χ2v) is 5.84. The van der Waals surface area contributed by atoms with Gasteiger partial charge in [-0.1, -0.05) is 5.21 Å². The molecule has 0 aromatic carbocycles. The largest absolute Gasteiger partial charge is 0.390 e. The van der Waals surface area contributed by atoms with Crippen molar-refractivity contribution >= 4 is 5.91 Å². The normalized spacial score (nSPS) is 19.0. The molecular weight excluding hydrogens is 323 g/mol. The second-order valence-electron chi connectivity index (χ2n) is 5.84. The molecule has 0 aliphatic heterocycles. The molecule has 0 saturated heterocycles. The van der Waals surface area contributed by atoms with Crippen molar-refractivity contribution in [1.82, 2.24) is 15.0 Å². The van der Waals surface area contributed by atoms with Crippen LogP contribution < -0.4 is 5.73 Å². The molecule has 0 spiro atoms. The fourth-order valence-electron chi connectivity index (χ4n) is 2.72. The summed E-state index contributed by atoms with van der Waals surface area (Å²) in [5, 5.41) is 7.28. The minimum atomic E-state index is -4.39. The van der Waals surface area contributed by atoms with Crippen LogP contribution in [0.4, 0.5) is 22.0 Å². The number of carbonyl (C=O) groups is 1. The fraction of sp³-hybridized carbons (Fsp3) is 0.769. The van der Waals surface area contributed by atoms with Crippen molar-refractivity contribution in [1.29, 1.82) is 0 Å². The van der Waals surface area contributed by atoms with Gasteiger partial charge in [0.1, 0.15) is 5.69 Å². The van der Waals surface area contributed by atoms with Crippen molar-refractivity contribution in [3.63, 3.8) is 0 Å². The van der Waals surface area contributed by atoms with E-state index in [1.165, 1.54) is 0 Å². The summed E-state index contributed by atoms with van der Waals surface area (Å²) in [6.07, 6.45) is -5.30. The second kappa shape index (κ2) is 6.40. The van der Waals surface area contributed by atoms with Gasteiger partial charge in [-0.2, -0.15) is 13.2 Å². The molecule has 0 unspecified atom stereocenters. The number of nitrogens with zero attached hydrogens (tertiary/aromatic N) is 3. The van der Waals surface area contributed by atoms with Crippen LogP contribution in [-0.4, -0.2) is 33.0 Å². The number of nitrogens with two attached hydrogens (primary N) is 1. The number of carbonyl (C=O) groups excluding carboxylic acids is 1. The molecule has 5 nitrogen and oxygen atoms in total. The molecule has 1 aliphatic rings. The Hall–Kier alpha value is -1.74.